The summed E-state index contributed by atoms with van der Waals surface area (Å²) in [7, 11) is 1.67. The summed E-state index contributed by atoms with van der Waals surface area (Å²) in [5, 5.41) is 0. The summed E-state index contributed by atoms with van der Waals surface area (Å²) in [5.41, 5.74) is 1.92. The quantitative estimate of drug-likeness (QED) is 0.820. The maximum Gasteiger partial charge on any atom is 0.175 e. The fourth-order valence-corrected chi connectivity index (χ4v) is 2.56. The van der Waals surface area contributed by atoms with Gasteiger partial charge in [-0.15, -0.1) is 0 Å². The molecule has 0 radical (unpaired) electrons. The summed E-state index contributed by atoms with van der Waals surface area (Å²) in [5.74, 6) is 1.44. The summed E-state index contributed by atoms with van der Waals surface area (Å²) >= 11 is 0. The van der Waals surface area contributed by atoms with Crippen LogP contribution in [0.3, 0.4) is 0 Å². The van der Waals surface area contributed by atoms with Gasteiger partial charge in [0.05, 0.1) is 7.11 Å². The Bertz CT molecular complexity index is 464. The van der Waals surface area contributed by atoms with E-state index in [0.29, 0.717) is 5.92 Å². The first-order valence-electron chi connectivity index (χ1n) is 6.81. The molecule has 0 amide bonds. The second-order valence-corrected chi connectivity index (χ2v) is 5.79. The third kappa shape index (κ3) is 2.98. The molecule has 0 aromatic heterocycles. The normalized spacial score (nSPS) is 26.6. The highest BCUT2D eigenvalue weighted by molar-refractivity contribution is 5.91. The molecule has 1 heterocycles. The van der Waals surface area contributed by atoms with Gasteiger partial charge < -0.3 is 9.47 Å². The van der Waals surface area contributed by atoms with Crippen molar-refractivity contribution >= 4 is 5.71 Å². The first-order valence-corrected chi connectivity index (χ1v) is 6.81. The van der Waals surface area contributed by atoms with Gasteiger partial charge in [0, 0.05) is 11.3 Å². The molecule has 3 nitrogen and oxygen atoms in total. The average Bonchev–Trinajstić information content (AvgIpc) is 2.64. The zero-order valence-electron chi connectivity index (χ0n) is 12.4. The van der Waals surface area contributed by atoms with E-state index >= 15 is 0 Å². The lowest BCUT2D eigenvalue weighted by Crippen LogP contribution is -2.34. The molecule has 2 atom stereocenters. The number of hydrogen-bond donors (Lipinski definition) is 0. The number of methoxy groups -OCH3 is 1. The highest BCUT2D eigenvalue weighted by Gasteiger charge is 2.38. The van der Waals surface area contributed by atoms with Crippen molar-refractivity contribution in [3.8, 4) is 5.75 Å². The van der Waals surface area contributed by atoms with Crippen molar-refractivity contribution < 1.29 is 9.47 Å². The molecule has 0 saturated heterocycles. The number of ether oxygens (including phenoxy) is 2. The van der Waals surface area contributed by atoms with Gasteiger partial charge >= 0.3 is 0 Å². The largest absolute Gasteiger partial charge is 0.497 e. The van der Waals surface area contributed by atoms with E-state index in [-0.39, 0.29) is 11.8 Å². The van der Waals surface area contributed by atoms with Crippen molar-refractivity contribution in [2.45, 2.75) is 45.9 Å². The van der Waals surface area contributed by atoms with E-state index in [1.165, 1.54) is 0 Å². The van der Waals surface area contributed by atoms with Gasteiger partial charge in [-0.25, -0.2) is 0 Å². The molecule has 0 bridgehead atoms. The van der Waals surface area contributed by atoms with Crippen LogP contribution in [0.4, 0.5) is 0 Å². The molecule has 0 spiro atoms. The van der Waals surface area contributed by atoms with Gasteiger partial charge in [0.25, 0.3) is 0 Å². The second-order valence-electron chi connectivity index (χ2n) is 5.79. The van der Waals surface area contributed by atoms with Crippen LogP contribution < -0.4 is 4.74 Å². The molecule has 0 N–H and O–H groups in total. The number of hydrogen-bond acceptors (Lipinski definition) is 3. The van der Waals surface area contributed by atoms with Gasteiger partial charge in [-0.3, -0.25) is 4.99 Å². The Balaban J connectivity index is 2.16. The smallest absolute Gasteiger partial charge is 0.175 e. The van der Waals surface area contributed by atoms with E-state index in [1.54, 1.807) is 7.11 Å². The SMILES string of the molecule is COc1ccc(C2N=C(C)C(C)(CC(C)C)O2)cc1. The topological polar surface area (TPSA) is 30.8 Å². The lowest BCUT2D eigenvalue weighted by Gasteiger charge is -2.27. The summed E-state index contributed by atoms with van der Waals surface area (Å²) < 4.78 is 11.4. The number of aliphatic imine (C=N–C) groups is 1. The van der Waals surface area contributed by atoms with Crippen molar-refractivity contribution in [3.05, 3.63) is 29.8 Å². The predicted octanol–water partition coefficient (Wildman–Crippen LogP) is 3.99. The summed E-state index contributed by atoms with van der Waals surface area (Å²) in [6.45, 7) is 8.62. The fraction of sp³-hybridized carbons (Fsp3) is 0.562. The Morgan fingerprint density at radius 3 is 2.47 bits per heavy atom. The highest BCUT2D eigenvalue weighted by atomic mass is 16.5. The Hall–Kier alpha value is -1.35. The maximum absolute atomic E-state index is 6.19. The van der Waals surface area contributed by atoms with Gasteiger partial charge in [0.2, 0.25) is 0 Å². The molecule has 1 aromatic carbocycles. The molecule has 1 aliphatic heterocycles. The molecular formula is C16H23NO2. The molecule has 3 heteroatoms. The molecule has 19 heavy (non-hydrogen) atoms. The summed E-state index contributed by atoms with van der Waals surface area (Å²) in [4.78, 5) is 4.67. The van der Waals surface area contributed by atoms with Crippen LogP contribution in [0.25, 0.3) is 0 Å². The van der Waals surface area contributed by atoms with Crippen LogP contribution in [0.5, 0.6) is 5.75 Å². The van der Waals surface area contributed by atoms with Crippen molar-refractivity contribution in [2.24, 2.45) is 10.9 Å². The van der Waals surface area contributed by atoms with Crippen LogP contribution in [-0.2, 0) is 4.74 Å². The third-order valence-corrected chi connectivity index (χ3v) is 3.65. The van der Waals surface area contributed by atoms with E-state index in [0.717, 1.165) is 23.4 Å². The molecule has 2 unspecified atom stereocenters. The van der Waals surface area contributed by atoms with Gasteiger partial charge in [-0.05, 0) is 38.3 Å². The molecule has 1 aromatic rings. The lowest BCUT2D eigenvalue weighted by atomic mass is 9.91. The van der Waals surface area contributed by atoms with Crippen LogP contribution in [0.2, 0.25) is 0 Å². The molecule has 2 rings (SSSR count). The van der Waals surface area contributed by atoms with E-state index in [1.807, 2.05) is 24.3 Å². The monoisotopic (exact) mass is 261 g/mol. The van der Waals surface area contributed by atoms with Crippen LogP contribution in [0.15, 0.2) is 29.3 Å². The van der Waals surface area contributed by atoms with Crippen molar-refractivity contribution in [2.75, 3.05) is 7.11 Å². The predicted molar refractivity (Wildman–Crippen MR) is 77.8 cm³/mol. The molecule has 0 saturated carbocycles. The third-order valence-electron chi connectivity index (χ3n) is 3.65. The van der Waals surface area contributed by atoms with Gasteiger partial charge in [-0.1, -0.05) is 26.0 Å². The first kappa shape index (κ1) is 14.1. The van der Waals surface area contributed by atoms with E-state index in [4.69, 9.17) is 9.47 Å². The number of benzene rings is 1. The van der Waals surface area contributed by atoms with Crippen LogP contribution in [-0.4, -0.2) is 18.4 Å². The van der Waals surface area contributed by atoms with Gasteiger partial charge in [-0.2, -0.15) is 0 Å². The Morgan fingerprint density at radius 1 is 1.32 bits per heavy atom. The zero-order chi connectivity index (χ0) is 14.0. The summed E-state index contributed by atoms with van der Waals surface area (Å²) in [6, 6.07) is 7.92. The zero-order valence-corrected chi connectivity index (χ0v) is 12.4. The highest BCUT2D eigenvalue weighted by Crippen LogP contribution is 2.37. The minimum Gasteiger partial charge on any atom is -0.497 e. The maximum atomic E-state index is 6.19. The molecule has 1 aliphatic rings. The number of rotatable bonds is 4. The number of nitrogens with zero attached hydrogens (tertiary/aromatic N) is 1. The van der Waals surface area contributed by atoms with E-state index in [2.05, 4.69) is 32.7 Å². The van der Waals surface area contributed by atoms with Crippen molar-refractivity contribution in [1.82, 2.24) is 0 Å². The standard InChI is InChI=1S/C16H23NO2/c1-11(2)10-16(4)12(3)17-15(19-16)13-6-8-14(18-5)9-7-13/h6-9,11,15H,10H2,1-5H3. The molecule has 0 fully saturated rings. The van der Waals surface area contributed by atoms with Gasteiger partial charge in [0.1, 0.15) is 11.4 Å². The van der Waals surface area contributed by atoms with Crippen LogP contribution >= 0.6 is 0 Å². The van der Waals surface area contributed by atoms with E-state index < -0.39 is 0 Å². The van der Waals surface area contributed by atoms with Crippen LogP contribution in [0, 0.1) is 5.92 Å². The second kappa shape index (κ2) is 5.33. The Kier molecular flexibility index (Phi) is 3.95. The minimum atomic E-state index is -0.237. The molecular weight excluding hydrogens is 238 g/mol. The first-order chi connectivity index (χ1) is 8.94. The fourth-order valence-electron chi connectivity index (χ4n) is 2.56. The summed E-state index contributed by atoms with van der Waals surface area (Å²) in [6.07, 6.45) is 0.810. The van der Waals surface area contributed by atoms with Gasteiger partial charge in [0.15, 0.2) is 6.23 Å². The van der Waals surface area contributed by atoms with E-state index in [9.17, 15) is 0 Å². The Labute approximate surface area is 115 Å². The van der Waals surface area contributed by atoms with Crippen LogP contribution in [0.1, 0.15) is 45.9 Å². The molecule has 0 aliphatic carbocycles. The minimum absolute atomic E-state index is 0.186. The average molecular weight is 261 g/mol. The van der Waals surface area contributed by atoms with Crippen molar-refractivity contribution in [1.29, 1.82) is 0 Å². The Morgan fingerprint density at radius 2 is 1.95 bits per heavy atom. The lowest BCUT2D eigenvalue weighted by molar-refractivity contribution is -0.0265. The molecule has 104 valence electrons. The van der Waals surface area contributed by atoms with Crippen molar-refractivity contribution in [3.63, 3.8) is 0 Å².